The lowest BCUT2D eigenvalue weighted by Crippen LogP contribution is -2.34. The fourth-order valence-corrected chi connectivity index (χ4v) is 3.38. The van der Waals surface area contributed by atoms with Gasteiger partial charge in [0.2, 0.25) is 5.91 Å². The van der Waals surface area contributed by atoms with Crippen molar-refractivity contribution in [1.82, 2.24) is 10.2 Å². The van der Waals surface area contributed by atoms with Gasteiger partial charge >= 0.3 is 5.97 Å². The van der Waals surface area contributed by atoms with Crippen molar-refractivity contribution in [1.29, 1.82) is 0 Å². The number of carboxylic acid groups (broad SMARTS) is 1. The molecule has 2 rings (SSSR count). The number of aromatic hydroxyl groups is 1. The van der Waals surface area contributed by atoms with Crippen molar-refractivity contribution in [2.45, 2.75) is 12.8 Å². The molecule has 1 aliphatic rings. The average Bonchev–Trinajstić information content (AvgIpc) is 2.79. The first-order chi connectivity index (χ1) is 11.9. The Labute approximate surface area is 153 Å². The van der Waals surface area contributed by atoms with Gasteiger partial charge in [0.15, 0.2) is 0 Å². The van der Waals surface area contributed by atoms with E-state index in [0.29, 0.717) is 14.8 Å². The second kappa shape index (κ2) is 8.63. The van der Waals surface area contributed by atoms with Gasteiger partial charge in [-0.05, 0) is 23.8 Å². The summed E-state index contributed by atoms with van der Waals surface area (Å²) in [6, 6.07) is 6.49. The molecular formula is C16H16N2O5S2. The minimum Gasteiger partial charge on any atom is -0.508 e. The largest absolute Gasteiger partial charge is 0.508 e. The normalized spacial score (nSPS) is 15.7. The standard InChI is InChI=1S/C16H16N2O5S2/c19-11-3-1-2-10(8-11)9-12-15(23)18(16(24)25-12)7-5-13(20)17-6-4-14(21)22/h1-3,8-9,19H,4-7H2,(H,17,20)(H,21,22)/b12-9-. The van der Waals surface area contributed by atoms with Gasteiger partial charge in [-0.25, -0.2) is 0 Å². The van der Waals surface area contributed by atoms with E-state index in [-0.39, 0.29) is 43.5 Å². The Morgan fingerprint density at radius 1 is 1.32 bits per heavy atom. The second-order valence-corrected chi connectivity index (χ2v) is 6.85. The minimum absolute atomic E-state index is 0.0332. The highest BCUT2D eigenvalue weighted by Crippen LogP contribution is 2.32. The van der Waals surface area contributed by atoms with Gasteiger partial charge in [0.05, 0.1) is 11.3 Å². The minimum atomic E-state index is -0.991. The van der Waals surface area contributed by atoms with E-state index in [1.807, 2.05) is 0 Å². The first-order valence-corrected chi connectivity index (χ1v) is 8.62. The van der Waals surface area contributed by atoms with Gasteiger partial charge in [-0.3, -0.25) is 19.3 Å². The molecule has 25 heavy (non-hydrogen) atoms. The van der Waals surface area contributed by atoms with Crippen LogP contribution in [0, 0.1) is 0 Å². The van der Waals surface area contributed by atoms with E-state index in [9.17, 15) is 19.5 Å². The summed E-state index contributed by atoms with van der Waals surface area (Å²) in [4.78, 5) is 36.2. The molecule has 0 bridgehead atoms. The predicted molar refractivity (Wildman–Crippen MR) is 97.9 cm³/mol. The Morgan fingerprint density at radius 2 is 2.08 bits per heavy atom. The summed E-state index contributed by atoms with van der Waals surface area (Å²) in [6.45, 7) is 0.172. The summed E-state index contributed by atoms with van der Waals surface area (Å²) < 4.78 is 0.356. The molecular weight excluding hydrogens is 364 g/mol. The van der Waals surface area contributed by atoms with Gasteiger partial charge in [-0.15, -0.1) is 0 Å². The van der Waals surface area contributed by atoms with Crippen LogP contribution in [0.1, 0.15) is 18.4 Å². The number of carboxylic acids is 1. The zero-order valence-electron chi connectivity index (χ0n) is 13.1. The van der Waals surface area contributed by atoms with Crippen LogP contribution < -0.4 is 5.32 Å². The van der Waals surface area contributed by atoms with Crippen LogP contribution in [-0.4, -0.2) is 50.3 Å². The molecule has 0 radical (unpaired) electrons. The third-order valence-electron chi connectivity index (χ3n) is 3.27. The van der Waals surface area contributed by atoms with E-state index in [1.165, 1.54) is 17.0 Å². The maximum atomic E-state index is 12.4. The lowest BCUT2D eigenvalue weighted by atomic mass is 10.2. The number of phenolic OH excluding ortho intramolecular Hbond substituents is 1. The van der Waals surface area contributed by atoms with Crippen LogP contribution in [0.4, 0.5) is 0 Å². The number of phenols is 1. The molecule has 0 aliphatic carbocycles. The van der Waals surface area contributed by atoms with Crippen molar-refractivity contribution in [3.8, 4) is 5.75 Å². The van der Waals surface area contributed by atoms with Crippen LogP contribution in [0.3, 0.4) is 0 Å². The quantitative estimate of drug-likeness (QED) is 0.487. The van der Waals surface area contributed by atoms with Gasteiger partial charge in [0.25, 0.3) is 5.91 Å². The average molecular weight is 380 g/mol. The van der Waals surface area contributed by atoms with Crippen LogP contribution in [-0.2, 0) is 14.4 Å². The number of thiocarbonyl (C=S) groups is 1. The number of nitrogens with one attached hydrogen (secondary N) is 1. The monoisotopic (exact) mass is 380 g/mol. The number of hydrogen-bond acceptors (Lipinski definition) is 6. The van der Waals surface area contributed by atoms with Gasteiger partial charge in [-0.2, -0.15) is 0 Å². The first kappa shape index (κ1) is 18.9. The lowest BCUT2D eigenvalue weighted by molar-refractivity contribution is -0.136. The summed E-state index contributed by atoms with van der Waals surface area (Å²) in [5, 5.41) is 20.5. The number of thioether (sulfide) groups is 1. The van der Waals surface area contributed by atoms with E-state index < -0.39 is 5.97 Å². The summed E-state index contributed by atoms with van der Waals surface area (Å²) in [5.41, 5.74) is 0.673. The third-order valence-corrected chi connectivity index (χ3v) is 4.64. The van der Waals surface area contributed by atoms with Gasteiger partial charge in [0, 0.05) is 19.5 Å². The second-order valence-electron chi connectivity index (χ2n) is 5.17. The molecule has 1 saturated heterocycles. The van der Waals surface area contributed by atoms with E-state index in [1.54, 1.807) is 18.2 Å². The van der Waals surface area contributed by atoms with Crippen LogP contribution in [0.15, 0.2) is 29.2 Å². The number of nitrogens with zero attached hydrogens (tertiary/aromatic N) is 1. The number of benzene rings is 1. The van der Waals surface area contributed by atoms with E-state index >= 15 is 0 Å². The number of aliphatic carboxylic acids is 1. The van der Waals surface area contributed by atoms with E-state index in [0.717, 1.165) is 11.8 Å². The first-order valence-electron chi connectivity index (χ1n) is 7.39. The molecule has 0 unspecified atom stereocenters. The van der Waals surface area contributed by atoms with Gasteiger partial charge in [0.1, 0.15) is 10.1 Å². The summed E-state index contributed by atoms with van der Waals surface area (Å²) in [7, 11) is 0. The van der Waals surface area contributed by atoms with Crippen molar-refractivity contribution < 1.29 is 24.6 Å². The van der Waals surface area contributed by atoms with Crippen LogP contribution >= 0.6 is 24.0 Å². The Morgan fingerprint density at radius 3 is 2.76 bits per heavy atom. The third kappa shape index (κ3) is 5.57. The van der Waals surface area contributed by atoms with E-state index in [2.05, 4.69) is 5.32 Å². The maximum Gasteiger partial charge on any atom is 0.305 e. The Bertz CT molecular complexity index is 748. The molecule has 1 aromatic rings. The molecule has 0 spiro atoms. The van der Waals surface area contributed by atoms with Crippen molar-refractivity contribution in [2.24, 2.45) is 0 Å². The lowest BCUT2D eigenvalue weighted by Gasteiger charge is -2.13. The number of amides is 2. The maximum absolute atomic E-state index is 12.4. The summed E-state index contributed by atoms with van der Waals surface area (Å²) >= 11 is 6.31. The van der Waals surface area contributed by atoms with Crippen LogP contribution in [0.25, 0.3) is 6.08 Å². The molecule has 0 saturated carbocycles. The summed E-state index contributed by atoms with van der Waals surface area (Å²) in [6.07, 6.45) is 1.51. The highest BCUT2D eigenvalue weighted by molar-refractivity contribution is 8.26. The fourth-order valence-electron chi connectivity index (χ4n) is 2.07. The van der Waals surface area contributed by atoms with Crippen LogP contribution in [0.2, 0.25) is 0 Å². The molecule has 1 aromatic carbocycles. The predicted octanol–water partition coefficient (Wildman–Crippen LogP) is 1.57. The van der Waals surface area contributed by atoms with Crippen molar-refractivity contribution in [3.05, 3.63) is 34.7 Å². The number of carbonyl (C=O) groups is 3. The molecule has 7 nitrogen and oxygen atoms in total. The highest BCUT2D eigenvalue weighted by atomic mass is 32.2. The summed E-state index contributed by atoms with van der Waals surface area (Å²) in [5.74, 6) is -1.53. The fraction of sp³-hybridized carbons (Fsp3) is 0.250. The highest BCUT2D eigenvalue weighted by Gasteiger charge is 2.32. The molecule has 0 atom stereocenters. The Hall–Kier alpha value is -2.39. The Balaban J connectivity index is 1.92. The smallest absolute Gasteiger partial charge is 0.305 e. The van der Waals surface area contributed by atoms with E-state index in [4.69, 9.17) is 17.3 Å². The zero-order valence-corrected chi connectivity index (χ0v) is 14.7. The van der Waals surface area contributed by atoms with Crippen LogP contribution in [0.5, 0.6) is 5.75 Å². The molecule has 0 aromatic heterocycles. The molecule has 132 valence electrons. The van der Waals surface area contributed by atoms with Gasteiger partial charge in [-0.1, -0.05) is 36.1 Å². The molecule has 3 N–H and O–H groups in total. The van der Waals surface area contributed by atoms with Crippen molar-refractivity contribution in [2.75, 3.05) is 13.1 Å². The SMILES string of the molecule is O=C(O)CCNC(=O)CCN1C(=O)/C(=C/c2cccc(O)c2)SC1=S. The molecule has 9 heteroatoms. The van der Waals surface area contributed by atoms with Gasteiger partial charge < -0.3 is 15.5 Å². The molecule has 2 amide bonds. The number of carbonyl (C=O) groups excluding carboxylic acids is 2. The van der Waals surface area contributed by atoms with Crippen molar-refractivity contribution in [3.63, 3.8) is 0 Å². The number of hydrogen-bond donors (Lipinski definition) is 3. The number of rotatable bonds is 7. The molecule has 1 aliphatic heterocycles. The zero-order chi connectivity index (χ0) is 18.4. The molecule has 1 heterocycles. The van der Waals surface area contributed by atoms with Crippen molar-refractivity contribution >= 4 is 52.2 Å². The Kier molecular flexibility index (Phi) is 6.54. The molecule has 1 fully saturated rings. The topological polar surface area (TPSA) is 107 Å².